The predicted molar refractivity (Wildman–Crippen MR) is 88.3 cm³/mol. The van der Waals surface area contributed by atoms with E-state index in [1.807, 2.05) is 18.2 Å². The van der Waals surface area contributed by atoms with Crippen LogP contribution in [0.15, 0.2) is 48.7 Å². The van der Waals surface area contributed by atoms with E-state index in [0.29, 0.717) is 17.2 Å². The minimum atomic E-state index is -1.57. The zero-order valence-electron chi connectivity index (χ0n) is 13.1. The third-order valence-electron chi connectivity index (χ3n) is 3.06. The topological polar surface area (TPSA) is 149 Å². The van der Waals surface area contributed by atoms with Crippen LogP contribution in [0.1, 0.15) is 5.56 Å². The van der Waals surface area contributed by atoms with Gasteiger partial charge in [-0.1, -0.05) is 18.2 Å². The summed E-state index contributed by atoms with van der Waals surface area (Å²) in [5, 5.41) is 4.58. The molecule has 0 aliphatic rings. The van der Waals surface area contributed by atoms with Gasteiger partial charge in [-0.15, -0.1) is 0 Å². The molecular formula is C16H17N5O4. The van der Waals surface area contributed by atoms with Gasteiger partial charge < -0.3 is 26.8 Å². The van der Waals surface area contributed by atoms with Crippen molar-refractivity contribution >= 4 is 17.8 Å². The van der Waals surface area contributed by atoms with Gasteiger partial charge >= 0.3 is 6.03 Å². The molecule has 0 aliphatic heterocycles. The largest absolute Gasteiger partial charge is 0.439 e. The van der Waals surface area contributed by atoms with Gasteiger partial charge in [-0.2, -0.15) is 0 Å². The fourth-order valence-electron chi connectivity index (χ4n) is 1.87. The van der Waals surface area contributed by atoms with Gasteiger partial charge in [-0.05, 0) is 23.8 Å². The van der Waals surface area contributed by atoms with E-state index < -0.39 is 23.9 Å². The maximum Gasteiger partial charge on any atom is 0.316 e. The Kier molecular flexibility index (Phi) is 5.88. The van der Waals surface area contributed by atoms with Crippen molar-refractivity contribution in [1.82, 2.24) is 15.6 Å². The minimum absolute atomic E-state index is 0.115. The molecule has 0 saturated carbocycles. The number of rotatable bonds is 7. The highest BCUT2D eigenvalue weighted by Crippen LogP contribution is 2.19. The van der Waals surface area contributed by atoms with E-state index in [9.17, 15) is 14.4 Å². The first kappa shape index (κ1) is 17.7. The Labute approximate surface area is 143 Å². The van der Waals surface area contributed by atoms with Gasteiger partial charge in [0.2, 0.25) is 17.7 Å². The lowest BCUT2D eigenvalue weighted by Crippen LogP contribution is -2.54. The lowest BCUT2D eigenvalue weighted by molar-refractivity contribution is -0.128. The van der Waals surface area contributed by atoms with E-state index in [1.54, 1.807) is 24.3 Å². The van der Waals surface area contributed by atoms with Crippen molar-refractivity contribution in [3.8, 4) is 11.6 Å². The van der Waals surface area contributed by atoms with Gasteiger partial charge in [-0.3, -0.25) is 9.59 Å². The normalized spacial score (nSPS) is 10.1. The van der Waals surface area contributed by atoms with Crippen molar-refractivity contribution in [3.05, 3.63) is 54.2 Å². The molecule has 9 nitrogen and oxygen atoms in total. The van der Waals surface area contributed by atoms with Gasteiger partial charge in [0.05, 0.1) is 0 Å². The third-order valence-corrected chi connectivity index (χ3v) is 3.06. The number of hydrogen-bond acceptors (Lipinski definition) is 5. The highest BCUT2D eigenvalue weighted by molar-refractivity contribution is 6.05. The Hall–Kier alpha value is -3.62. The van der Waals surface area contributed by atoms with Crippen molar-refractivity contribution in [1.29, 1.82) is 0 Å². The summed E-state index contributed by atoms with van der Waals surface area (Å²) in [6.07, 6.45) is 1.53. The fraction of sp³-hybridized carbons (Fsp3) is 0.125. The van der Waals surface area contributed by atoms with E-state index in [4.69, 9.17) is 16.2 Å². The summed E-state index contributed by atoms with van der Waals surface area (Å²) in [6, 6.07) is 10.1. The summed E-state index contributed by atoms with van der Waals surface area (Å²) in [7, 11) is 0. The molecule has 0 fully saturated rings. The molecule has 1 heterocycles. The number of para-hydroxylation sites is 1. The second-order valence-electron chi connectivity index (χ2n) is 4.98. The Morgan fingerprint density at radius 3 is 2.40 bits per heavy atom. The molecule has 0 aliphatic carbocycles. The van der Waals surface area contributed by atoms with Crippen LogP contribution in [0.25, 0.3) is 0 Å². The van der Waals surface area contributed by atoms with Crippen LogP contribution >= 0.6 is 0 Å². The van der Waals surface area contributed by atoms with Crippen LogP contribution in [0.5, 0.6) is 11.6 Å². The molecule has 0 saturated heterocycles. The molecule has 0 radical (unpaired) electrons. The number of nitrogens with two attached hydrogens (primary N) is 2. The van der Waals surface area contributed by atoms with E-state index >= 15 is 0 Å². The first-order chi connectivity index (χ1) is 12.0. The standard InChI is InChI=1S/C16H17N5O4/c17-14(22)13(15(18)23)21-16(24)20-9-10-6-7-19-12(8-10)25-11-4-2-1-3-5-11/h1-8,13H,9H2,(H2,17,22)(H2,18,23)(H2,20,21,24). The molecule has 2 aromatic rings. The summed E-state index contributed by atoms with van der Waals surface area (Å²) in [4.78, 5) is 37.9. The van der Waals surface area contributed by atoms with Gasteiger partial charge in [0, 0.05) is 18.8 Å². The number of pyridine rings is 1. The SMILES string of the molecule is NC(=O)C(NC(=O)NCc1ccnc(Oc2ccccc2)c1)C(N)=O. The van der Waals surface area contributed by atoms with Crippen LogP contribution < -0.4 is 26.8 Å². The average Bonchev–Trinajstić information content (AvgIpc) is 2.58. The molecule has 1 aromatic heterocycles. The molecule has 0 spiro atoms. The second-order valence-corrected chi connectivity index (χ2v) is 4.98. The molecule has 6 N–H and O–H groups in total. The molecule has 1 aromatic carbocycles. The second kappa shape index (κ2) is 8.29. The molecule has 0 atom stereocenters. The van der Waals surface area contributed by atoms with Crippen molar-refractivity contribution in [2.75, 3.05) is 0 Å². The van der Waals surface area contributed by atoms with Crippen molar-refractivity contribution in [3.63, 3.8) is 0 Å². The van der Waals surface area contributed by atoms with Gasteiger partial charge in [-0.25, -0.2) is 9.78 Å². The van der Waals surface area contributed by atoms with E-state index in [-0.39, 0.29) is 6.54 Å². The number of carbonyl (C=O) groups is 3. The van der Waals surface area contributed by atoms with E-state index in [1.165, 1.54) is 6.20 Å². The number of carbonyl (C=O) groups excluding carboxylic acids is 3. The van der Waals surface area contributed by atoms with Gasteiger partial charge in [0.1, 0.15) is 5.75 Å². The van der Waals surface area contributed by atoms with Crippen LogP contribution in [0, 0.1) is 0 Å². The first-order valence-corrected chi connectivity index (χ1v) is 7.26. The summed E-state index contributed by atoms with van der Waals surface area (Å²) in [6.45, 7) is 0.115. The van der Waals surface area contributed by atoms with E-state index in [2.05, 4.69) is 15.6 Å². The number of benzene rings is 1. The number of amides is 4. The smallest absolute Gasteiger partial charge is 0.316 e. The van der Waals surface area contributed by atoms with Gasteiger partial charge in [0.25, 0.3) is 0 Å². The highest BCUT2D eigenvalue weighted by Gasteiger charge is 2.23. The first-order valence-electron chi connectivity index (χ1n) is 7.26. The predicted octanol–water partition coefficient (Wildman–Crippen LogP) is 0.0123. The Balaban J connectivity index is 1.92. The molecular weight excluding hydrogens is 326 g/mol. The summed E-state index contributed by atoms with van der Waals surface area (Å²) >= 11 is 0. The molecule has 9 heteroatoms. The summed E-state index contributed by atoms with van der Waals surface area (Å²) in [5.41, 5.74) is 10.7. The van der Waals surface area contributed by atoms with E-state index in [0.717, 1.165) is 0 Å². The number of urea groups is 1. The number of aromatic nitrogens is 1. The Bertz CT molecular complexity index is 752. The summed E-state index contributed by atoms with van der Waals surface area (Å²) < 4.78 is 5.59. The highest BCUT2D eigenvalue weighted by atomic mass is 16.5. The molecule has 0 unspecified atom stereocenters. The Morgan fingerprint density at radius 2 is 1.76 bits per heavy atom. The lowest BCUT2D eigenvalue weighted by Gasteiger charge is -2.13. The number of nitrogens with zero attached hydrogens (tertiary/aromatic N) is 1. The Morgan fingerprint density at radius 1 is 1.08 bits per heavy atom. The average molecular weight is 343 g/mol. The van der Waals surface area contributed by atoms with Gasteiger partial charge in [0.15, 0.2) is 6.04 Å². The van der Waals surface area contributed by atoms with Crippen LogP contribution in [-0.2, 0) is 16.1 Å². The third kappa shape index (κ3) is 5.50. The molecule has 0 bridgehead atoms. The number of primary amides is 2. The lowest BCUT2D eigenvalue weighted by atomic mass is 10.2. The fourth-order valence-corrected chi connectivity index (χ4v) is 1.87. The number of ether oxygens (including phenoxy) is 1. The van der Waals surface area contributed by atoms with Crippen LogP contribution in [-0.4, -0.2) is 28.9 Å². The van der Waals surface area contributed by atoms with Crippen LogP contribution in [0.2, 0.25) is 0 Å². The van der Waals surface area contributed by atoms with Crippen LogP contribution in [0.3, 0.4) is 0 Å². The molecule has 2 rings (SSSR count). The molecule has 4 amide bonds. The van der Waals surface area contributed by atoms with Crippen molar-refractivity contribution in [2.45, 2.75) is 12.6 Å². The van der Waals surface area contributed by atoms with Crippen LogP contribution in [0.4, 0.5) is 4.79 Å². The number of nitrogens with one attached hydrogen (secondary N) is 2. The quantitative estimate of drug-likeness (QED) is 0.522. The number of hydrogen-bond donors (Lipinski definition) is 4. The molecule has 130 valence electrons. The maximum atomic E-state index is 11.7. The maximum absolute atomic E-state index is 11.7. The monoisotopic (exact) mass is 343 g/mol. The van der Waals surface area contributed by atoms with Crippen molar-refractivity contribution < 1.29 is 19.1 Å². The van der Waals surface area contributed by atoms with Crippen molar-refractivity contribution in [2.24, 2.45) is 11.5 Å². The summed E-state index contributed by atoms with van der Waals surface area (Å²) in [5.74, 6) is -1.09. The molecule has 25 heavy (non-hydrogen) atoms. The zero-order valence-corrected chi connectivity index (χ0v) is 13.1. The zero-order chi connectivity index (χ0) is 18.2. The minimum Gasteiger partial charge on any atom is -0.439 e.